The number of ether oxygens (including phenoxy) is 2. The van der Waals surface area contributed by atoms with Gasteiger partial charge in [0.05, 0.1) is 24.5 Å². The fourth-order valence-corrected chi connectivity index (χ4v) is 3.29. The zero-order chi connectivity index (χ0) is 19.4. The maximum absolute atomic E-state index is 14.8. The molecule has 0 saturated carbocycles. The summed E-state index contributed by atoms with van der Waals surface area (Å²) in [6.07, 6.45) is 1.37. The van der Waals surface area contributed by atoms with Crippen molar-refractivity contribution in [3.05, 3.63) is 29.6 Å². The van der Waals surface area contributed by atoms with Gasteiger partial charge in [-0.05, 0) is 26.0 Å². The number of halogens is 1. The van der Waals surface area contributed by atoms with Gasteiger partial charge in [0.15, 0.2) is 0 Å². The Balaban J connectivity index is 1.77. The highest BCUT2D eigenvalue weighted by molar-refractivity contribution is 6.19. The molecule has 2 aliphatic rings. The summed E-state index contributed by atoms with van der Waals surface area (Å²) >= 11 is 0. The highest BCUT2D eigenvalue weighted by atomic mass is 19.1. The Morgan fingerprint density at radius 1 is 1.11 bits per heavy atom. The average Bonchev–Trinajstić information content (AvgIpc) is 2.67. The van der Waals surface area contributed by atoms with Crippen molar-refractivity contribution in [2.24, 2.45) is 0 Å². The van der Waals surface area contributed by atoms with Crippen LogP contribution in [0.2, 0.25) is 0 Å². The Labute approximate surface area is 157 Å². The lowest BCUT2D eigenvalue weighted by atomic mass is 9.99. The van der Waals surface area contributed by atoms with Gasteiger partial charge in [0, 0.05) is 44.0 Å². The molecule has 0 unspecified atom stereocenters. The number of fused-ring (bicyclic) bond motifs is 1. The van der Waals surface area contributed by atoms with Crippen molar-refractivity contribution in [3.8, 4) is 0 Å². The topological polar surface area (TPSA) is 71.1 Å². The zero-order valence-corrected chi connectivity index (χ0v) is 15.6. The van der Waals surface area contributed by atoms with Crippen LogP contribution in [0.15, 0.2) is 18.2 Å². The van der Waals surface area contributed by atoms with Gasteiger partial charge < -0.3 is 24.6 Å². The summed E-state index contributed by atoms with van der Waals surface area (Å²) < 4.78 is 24.9. The van der Waals surface area contributed by atoms with E-state index in [0.717, 1.165) is 0 Å². The molecule has 0 radical (unpaired) electrons. The quantitative estimate of drug-likeness (QED) is 0.813. The van der Waals surface area contributed by atoms with E-state index in [2.05, 4.69) is 5.32 Å². The first-order valence-corrected chi connectivity index (χ1v) is 9.16. The Hall–Kier alpha value is -2.77. The van der Waals surface area contributed by atoms with Crippen LogP contribution in [-0.4, -0.2) is 62.9 Å². The second kappa shape index (κ2) is 8.28. The fourth-order valence-electron chi connectivity index (χ4n) is 3.29. The average molecular weight is 377 g/mol. The minimum absolute atomic E-state index is 0.268. The smallest absolute Gasteiger partial charge is 0.409 e. The van der Waals surface area contributed by atoms with Crippen LogP contribution in [0.5, 0.6) is 0 Å². The molecule has 1 fully saturated rings. The van der Waals surface area contributed by atoms with Crippen LogP contribution in [-0.2, 0) is 14.3 Å². The van der Waals surface area contributed by atoms with Crippen molar-refractivity contribution in [3.63, 3.8) is 0 Å². The van der Waals surface area contributed by atoms with Gasteiger partial charge in [0.1, 0.15) is 5.82 Å². The van der Waals surface area contributed by atoms with Crippen LogP contribution >= 0.6 is 0 Å². The second-order valence-electron chi connectivity index (χ2n) is 6.24. The maximum Gasteiger partial charge on any atom is 0.409 e. The number of carbonyl (C=O) groups excluding carboxylic acids is 2. The predicted octanol–water partition coefficient (Wildman–Crippen LogP) is 2.48. The summed E-state index contributed by atoms with van der Waals surface area (Å²) in [6, 6.07) is 3.09. The Morgan fingerprint density at radius 3 is 2.48 bits per heavy atom. The highest BCUT2D eigenvalue weighted by Gasteiger charge is 2.27. The van der Waals surface area contributed by atoms with Crippen LogP contribution in [0.3, 0.4) is 0 Å². The number of amides is 1. The van der Waals surface area contributed by atoms with Crippen molar-refractivity contribution in [1.82, 2.24) is 4.90 Å². The van der Waals surface area contributed by atoms with E-state index in [9.17, 15) is 14.0 Å². The molecule has 3 rings (SSSR count). The summed E-state index contributed by atoms with van der Waals surface area (Å²) in [4.78, 5) is 27.4. The largest absolute Gasteiger partial charge is 0.462 e. The molecule has 146 valence electrons. The Bertz CT molecular complexity index is 758. The zero-order valence-electron chi connectivity index (χ0n) is 15.6. The first kappa shape index (κ1) is 19.0. The van der Waals surface area contributed by atoms with E-state index in [-0.39, 0.29) is 12.7 Å². The lowest BCUT2D eigenvalue weighted by Crippen LogP contribution is -2.49. The summed E-state index contributed by atoms with van der Waals surface area (Å²) in [6.45, 7) is 6.54. The number of esters is 1. The molecule has 2 heterocycles. The molecule has 1 N–H and O–H groups in total. The van der Waals surface area contributed by atoms with Crippen LogP contribution < -0.4 is 10.2 Å². The van der Waals surface area contributed by atoms with Gasteiger partial charge in [0.25, 0.3) is 0 Å². The number of nitrogens with zero attached hydrogens (tertiary/aromatic N) is 2. The molecule has 0 spiro atoms. The third-order valence-corrected chi connectivity index (χ3v) is 4.62. The van der Waals surface area contributed by atoms with E-state index >= 15 is 0 Å². The minimum Gasteiger partial charge on any atom is -0.462 e. The molecule has 1 aromatic carbocycles. The number of benzene rings is 1. The van der Waals surface area contributed by atoms with Crippen LogP contribution in [0.25, 0.3) is 5.57 Å². The molecule has 0 aromatic heterocycles. The summed E-state index contributed by atoms with van der Waals surface area (Å²) in [5.74, 6) is -0.854. The SMILES string of the molecule is CCOC(=O)C1=CCNc2cc(N3CCN(C(=O)OCC)CC3)c(F)cc21. The number of hydrogen-bond donors (Lipinski definition) is 1. The van der Waals surface area contributed by atoms with E-state index in [1.54, 1.807) is 30.9 Å². The summed E-state index contributed by atoms with van der Waals surface area (Å²) in [7, 11) is 0. The van der Waals surface area contributed by atoms with Crippen LogP contribution in [0, 0.1) is 5.82 Å². The Morgan fingerprint density at radius 2 is 1.81 bits per heavy atom. The molecule has 1 amide bonds. The van der Waals surface area contributed by atoms with Gasteiger partial charge in [-0.25, -0.2) is 14.0 Å². The molecule has 0 bridgehead atoms. The molecular weight excluding hydrogens is 353 g/mol. The Kier molecular flexibility index (Phi) is 5.83. The standard InChI is InChI=1S/C19H24FN3O4/c1-3-26-18(24)13-5-6-21-16-12-17(15(20)11-14(13)16)22-7-9-23(10-8-22)19(25)27-4-2/h5,11-12,21H,3-4,6-10H2,1-2H3. The lowest BCUT2D eigenvalue weighted by molar-refractivity contribution is -0.136. The maximum atomic E-state index is 14.8. The molecule has 27 heavy (non-hydrogen) atoms. The van der Waals surface area contributed by atoms with Gasteiger partial charge in [-0.1, -0.05) is 6.08 Å². The fraction of sp³-hybridized carbons (Fsp3) is 0.474. The number of hydrogen-bond acceptors (Lipinski definition) is 6. The first-order chi connectivity index (χ1) is 13.0. The molecule has 2 aliphatic heterocycles. The first-order valence-electron chi connectivity index (χ1n) is 9.16. The third kappa shape index (κ3) is 3.99. The molecule has 7 nitrogen and oxygen atoms in total. The number of nitrogens with one attached hydrogen (secondary N) is 1. The van der Waals surface area contributed by atoms with Gasteiger partial charge in [-0.15, -0.1) is 0 Å². The second-order valence-corrected chi connectivity index (χ2v) is 6.24. The number of rotatable bonds is 4. The van der Waals surface area contributed by atoms with Gasteiger partial charge in [-0.3, -0.25) is 0 Å². The lowest BCUT2D eigenvalue weighted by Gasteiger charge is -2.36. The van der Waals surface area contributed by atoms with E-state index in [1.807, 2.05) is 4.90 Å². The number of carbonyl (C=O) groups is 2. The van der Waals surface area contributed by atoms with E-state index in [1.165, 1.54) is 6.07 Å². The summed E-state index contributed by atoms with van der Waals surface area (Å²) in [5.41, 5.74) is 2.04. The van der Waals surface area contributed by atoms with Crippen molar-refractivity contribution >= 4 is 29.0 Å². The van der Waals surface area contributed by atoms with Gasteiger partial charge in [-0.2, -0.15) is 0 Å². The minimum atomic E-state index is -0.449. The molecule has 1 saturated heterocycles. The summed E-state index contributed by atoms with van der Waals surface area (Å²) in [5, 5.41) is 3.18. The van der Waals surface area contributed by atoms with E-state index in [4.69, 9.17) is 9.47 Å². The number of piperazine rings is 1. The monoisotopic (exact) mass is 377 g/mol. The van der Waals surface area contributed by atoms with Crippen LogP contribution in [0.4, 0.5) is 20.6 Å². The predicted molar refractivity (Wildman–Crippen MR) is 100 cm³/mol. The van der Waals surface area contributed by atoms with Crippen molar-refractivity contribution in [2.75, 3.05) is 56.2 Å². The van der Waals surface area contributed by atoms with Crippen molar-refractivity contribution < 1.29 is 23.5 Å². The van der Waals surface area contributed by atoms with Crippen LogP contribution in [0.1, 0.15) is 19.4 Å². The highest BCUT2D eigenvalue weighted by Crippen LogP contribution is 2.34. The molecule has 0 aliphatic carbocycles. The molecule has 0 atom stereocenters. The van der Waals surface area contributed by atoms with Crippen molar-refractivity contribution in [1.29, 1.82) is 0 Å². The van der Waals surface area contributed by atoms with Gasteiger partial charge in [0.2, 0.25) is 0 Å². The van der Waals surface area contributed by atoms with Gasteiger partial charge >= 0.3 is 12.1 Å². The third-order valence-electron chi connectivity index (χ3n) is 4.62. The van der Waals surface area contributed by atoms with E-state index < -0.39 is 11.8 Å². The molecule has 1 aromatic rings. The van der Waals surface area contributed by atoms with E-state index in [0.29, 0.717) is 61.8 Å². The van der Waals surface area contributed by atoms with Crippen molar-refractivity contribution in [2.45, 2.75) is 13.8 Å². The molecular formula is C19H24FN3O4. The normalized spacial score (nSPS) is 16.2. The molecule has 8 heteroatoms. The number of anilines is 2.